The number of nitrogens with zero attached hydrogens (tertiary/aromatic N) is 3. The number of imidazole rings is 1. The number of rotatable bonds is 2. The van der Waals surface area contributed by atoms with Gasteiger partial charge in [0.2, 0.25) is 0 Å². The van der Waals surface area contributed by atoms with Crippen molar-refractivity contribution in [3.63, 3.8) is 0 Å². The van der Waals surface area contributed by atoms with Gasteiger partial charge in [0, 0.05) is 0 Å². The third-order valence-corrected chi connectivity index (χ3v) is 1.34. The van der Waals surface area contributed by atoms with Gasteiger partial charge in [-0.1, -0.05) is 0 Å². The highest BCUT2D eigenvalue weighted by Gasteiger charge is 2.07. The first-order valence-corrected chi connectivity index (χ1v) is 3.18. The lowest BCUT2D eigenvalue weighted by Gasteiger charge is -1.87. The van der Waals surface area contributed by atoms with E-state index in [1.807, 2.05) is 12.1 Å². The van der Waals surface area contributed by atoms with Crippen molar-refractivity contribution in [1.29, 1.82) is 10.5 Å². The van der Waals surface area contributed by atoms with Gasteiger partial charge in [0.1, 0.15) is 24.9 Å². The third kappa shape index (κ3) is 1.56. The van der Waals surface area contributed by atoms with E-state index in [0.29, 0.717) is 13.0 Å². The summed E-state index contributed by atoms with van der Waals surface area (Å²) in [4.78, 5) is 2.88. The molecule has 0 saturated heterocycles. The van der Waals surface area contributed by atoms with Gasteiger partial charge in [0.05, 0.1) is 6.07 Å². The lowest BCUT2D eigenvalue weighted by atomic mass is 10.4. The summed E-state index contributed by atoms with van der Waals surface area (Å²) < 4.78 is 1.71. The third-order valence-electron chi connectivity index (χ3n) is 1.34. The number of hydrogen-bond acceptors (Lipinski definition) is 2. The second-order valence-electron chi connectivity index (χ2n) is 2.03. The topological polar surface area (TPSA) is 67.2 Å². The van der Waals surface area contributed by atoms with E-state index in [0.717, 1.165) is 5.82 Å². The van der Waals surface area contributed by atoms with Crippen LogP contribution in [0.3, 0.4) is 0 Å². The monoisotopic (exact) mass is 147 g/mol. The maximum atomic E-state index is 8.36. The van der Waals surface area contributed by atoms with Crippen LogP contribution in [0, 0.1) is 22.7 Å². The Morgan fingerprint density at radius 2 is 2.27 bits per heavy atom. The number of nitrogens with one attached hydrogen (secondary N) is 1. The molecule has 0 unspecified atom stereocenters. The second-order valence-corrected chi connectivity index (χ2v) is 2.03. The number of hydrogen-bond donors (Lipinski definition) is 1. The van der Waals surface area contributed by atoms with E-state index in [1.165, 1.54) is 0 Å². The zero-order valence-electron chi connectivity index (χ0n) is 5.91. The van der Waals surface area contributed by atoms with Gasteiger partial charge >= 0.3 is 0 Å². The molecular weight excluding hydrogens is 140 g/mol. The smallest absolute Gasteiger partial charge is 0.247 e. The number of aromatic amines is 1. The molecule has 4 nitrogen and oxygen atoms in total. The average molecular weight is 147 g/mol. The molecule has 0 aliphatic heterocycles. The lowest BCUT2D eigenvalue weighted by Crippen LogP contribution is -2.35. The molecule has 0 aliphatic rings. The molecule has 0 spiro atoms. The van der Waals surface area contributed by atoms with Gasteiger partial charge in [-0.05, 0) is 0 Å². The first-order chi connectivity index (χ1) is 5.38. The van der Waals surface area contributed by atoms with Gasteiger partial charge < -0.3 is 0 Å². The fourth-order valence-electron chi connectivity index (χ4n) is 0.848. The minimum absolute atomic E-state index is 0.292. The van der Waals surface area contributed by atoms with Crippen molar-refractivity contribution >= 4 is 0 Å². The quantitative estimate of drug-likeness (QED) is 0.593. The average Bonchev–Trinajstić information content (AvgIpc) is 2.39. The van der Waals surface area contributed by atoms with E-state index in [9.17, 15) is 0 Å². The highest BCUT2D eigenvalue weighted by atomic mass is 15.1. The summed E-state index contributed by atoms with van der Waals surface area (Å²) in [6.45, 7) is 0.292. The molecule has 54 valence electrons. The van der Waals surface area contributed by atoms with E-state index >= 15 is 0 Å². The Balaban J connectivity index is 2.82. The summed E-state index contributed by atoms with van der Waals surface area (Å²) in [5.41, 5.74) is 0. The van der Waals surface area contributed by atoms with E-state index in [2.05, 4.69) is 4.98 Å². The Kier molecular flexibility index (Phi) is 2.24. The molecule has 4 heteroatoms. The Labute approximate surface area is 64.3 Å². The van der Waals surface area contributed by atoms with Crippen molar-refractivity contribution < 1.29 is 4.57 Å². The predicted octanol–water partition coefficient (Wildman–Crippen LogP) is -0.108. The van der Waals surface area contributed by atoms with Gasteiger partial charge in [-0.3, -0.25) is 0 Å². The molecule has 0 aromatic carbocycles. The van der Waals surface area contributed by atoms with Crippen molar-refractivity contribution in [3.05, 3.63) is 18.2 Å². The van der Waals surface area contributed by atoms with Crippen LogP contribution in [-0.2, 0) is 13.0 Å². The summed E-state index contributed by atoms with van der Waals surface area (Å²) in [6, 6.07) is 4.01. The van der Waals surface area contributed by atoms with Crippen LogP contribution >= 0.6 is 0 Å². The highest BCUT2D eigenvalue weighted by Crippen LogP contribution is 1.85. The van der Waals surface area contributed by atoms with E-state index in [1.54, 1.807) is 17.0 Å². The molecule has 1 N–H and O–H groups in total. The van der Waals surface area contributed by atoms with Gasteiger partial charge in [-0.15, -0.1) is 0 Å². The minimum atomic E-state index is 0.292. The Morgan fingerprint density at radius 1 is 1.45 bits per heavy atom. The largest absolute Gasteiger partial charge is 0.269 e. The molecule has 1 heterocycles. The van der Waals surface area contributed by atoms with Crippen molar-refractivity contribution in [2.24, 2.45) is 0 Å². The van der Waals surface area contributed by atoms with Gasteiger partial charge in [-0.2, -0.15) is 10.5 Å². The maximum Gasteiger partial charge on any atom is 0.269 e. The number of aromatic nitrogens is 2. The van der Waals surface area contributed by atoms with Crippen molar-refractivity contribution in [2.45, 2.75) is 13.0 Å². The summed E-state index contributed by atoms with van der Waals surface area (Å²) in [6.07, 6.45) is 3.77. The number of H-pyrrole nitrogens is 1. The molecule has 1 rings (SSSR count). The van der Waals surface area contributed by atoms with Gasteiger partial charge in [0.25, 0.3) is 5.82 Å². The summed E-state index contributed by atoms with van der Waals surface area (Å²) in [7, 11) is 0. The van der Waals surface area contributed by atoms with E-state index in [4.69, 9.17) is 10.5 Å². The minimum Gasteiger partial charge on any atom is -0.247 e. The molecule has 0 atom stereocenters. The SMILES string of the molecule is N#CCc1[nH]cc[n+]1CC#N. The van der Waals surface area contributed by atoms with Crippen LogP contribution in [0.5, 0.6) is 0 Å². The Morgan fingerprint density at radius 3 is 2.91 bits per heavy atom. The van der Waals surface area contributed by atoms with Crippen LogP contribution in [0.15, 0.2) is 12.4 Å². The predicted molar refractivity (Wildman–Crippen MR) is 35.9 cm³/mol. The van der Waals surface area contributed by atoms with Crippen LogP contribution in [0.25, 0.3) is 0 Å². The van der Waals surface area contributed by atoms with Crippen molar-refractivity contribution in [3.8, 4) is 12.1 Å². The molecule has 0 fully saturated rings. The lowest BCUT2D eigenvalue weighted by molar-refractivity contribution is -0.690. The molecule has 1 aromatic rings. The highest BCUT2D eigenvalue weighted by molar-refractivity contribution is 4.89. The second kappa shape index (κ2) is 3.38. The fourth-order valence-corrected chi connectivity index (χ4v) is 0.848. The molecule has 0 bridgehead atoms. The molecule has 0 amide bonds. The number of nitriles is 2. The Hall–Kier alpha value is -1.81. The normalized spacial score (nSPS) is 8.55. The molecule has 11 heavy (non-hydrogen) atoms. The van der Waals surface area contributed by atoms with Crippen LogP contribution in [0.1, 0.15) is 5.82 Å². The summed E-state index contributed by atoms with van der Waals surface area (Å²) >= 11 is 0. The van der Waals surface area contributed by atoms with Crippen LogP contribution in [0.2, 0.25) is 0 Å². The molecule has 1 aromatic heterocycles. The van der Waals surface area contributed by atoms with Crippen LogP contribution in [0.4, 0.5) is 0 Å². The van der Waals surface area contributed by atoms with Crippen molar-refractivity contribution in [2.75, 3.05) is 0 Å². The van der Waals surface area contributed by atoms with Gasteiger partial charge in [-0.25, -0.2) is 9.55 Å². The maximum absolute atomic E-state index is 8.36. The first-order valence-electron chi connectivity index (χ1n) is 3.18. The molecule has 0 radical (unpaired) electrons. The Bertz CT molecular complexity index is 281. The zero-order valence-corrected chi connectivity index (χ0v) is 5.91. The van der Waals surface area contributed by atoms with E-state index in [-0.39, 0.29) is 0 Å². The van der Waals surface area contributed by atoms with Crippen LogP contribution in [-0.4, -0.2) is 4.98 Å². The fraction of sp³-hybridized carbons (Fsp3) is 0.286. The van der Waals surface area contributed by atoms with Crippen molar-refractivity contribution in [1.82, 2.24) is 4.98 Å². The van der Waals surface area contributed by atoms with Gasteiger partial charge in [0.15, 0.2) is 6.54 Å². The zero-order chi connectivity index (χ0) is 8.10. The summed E-state index contributed by atoms with van der Waals surface area (Å²) in [5, 5.41) is 16.7. The standard InChI is InChI=1S/C7H6N4/c8-2-1-7-10-4-6-11(7)5-3-9/h4,6H,1,5H2/p+1. The molecule has 0 aliphatic carbocycles. The molecular formula is C7H7N4+. The summed E-state index contributed by atoms with van der Waals surface area (Å²) in [5.74, 6) is 0.772. The first kappa shape index (κ1) is 7.30. The van der Waals surface area contributed by atoms with E-state index < -0.39 is 0 Å². The molecule has 0 saturated carbocycles. The van der Waals surface area contributed by atoms with Crippen LogP contribution < -0.4 is 4.57 Å².